The van der Waals surface area contributed by atoms with Gasteiger partial charge in [0.25, 0.3) is 0 Å². The molecule has 0 saturated heterocycles. The maximum absolute atomic E-state index is 10.8. The first kappa shape index (κ1) is 22.0. The van der Waals surface area contributed by atoms with E-state index in [1.807, 2.05) is 0 Å². The Kier molecular flexibility index (Phi) is 12.4. The zero-order valence-electron chi connectivity index (χ0n) is 12.4. The Morgan fingerprint density at radius 1 is 1.35 bits per heavy atom. The molecule has 0 fully saturated rings. The van der Waals surface area contributed by atoms with Crippen LogP contribution in [0.15, 0.2) is 23.8 Å². The topological polar surface area (TPSA) is 74.6 Å². The standard InChI is InChI=1S/C9H10O4.C3H7.C2H5.BrH.Mg/c1-9(8(12)13)4-2-3-6(5-9)7(10)11;1-3-2;1-2;;/h2-4H,5H2,1H3,(H,10,11)(H,12,13);1,3H2,2H3;1H2,2H3;1H;. The molecule has 0 aromatic carbocycles. The van der Waals surface area contributed by atoms with Crippen molar-refractivity contribution >= 4 is 49.3 Å². The molecule has 0 bridgehead atoms. The van der Waals surface area contributed by atoms with Gasteiger partial charge >= 0.3 is 32.3 Å². The molecular formula is C14H23BrMgO4. The van der Waals surface area contributed by atoms with Crippen LogP contribution in [0.2, 0.25) is 9.10 Å². The van der Waals surface area contributed by atoms with Crippen LogP contribution in [0.25, 0.3) is 0 Å². The Balaban J connectivity index is 0. The summed E-state index contributed by atoms with van der Waals surface area (Å²) >= 11 is 0.422. The first-order valence-electron chi connectivity index (χ1n) is 6.72. The largest absolute Gasteiger partial charge is 0.481 e. The minimum Gasteiger partial charge on any atom is -0.481 e. The molecule has 0 amide bonds. The number of hydrogen-bond acceptors (Lipinski definition) is 2. The molecular weight excluding hydrogens is 336 g/mol. The second kappa shape index (κ2) is 11.3. The molecule has 0 aliphatic heterocycles. The van der Waals surface area contributed by atoms with Crippen molar-refractivity contribution in [1.29, 1.82) is 0 Å². The van der Waals surface area contributed by atoms with Gasteiger partial charge in [-0.3, -0.25) is 4.79 Å². The zero-order chi connectivity index (χ0) is 14.9. The summed E-state index contributed by atoms with van der Waals surface area (Å²) in [5, 5.41) is 17.5. The van der Waals surface area contributed by atoms with E-state index >= 15 is 0 Å². The van der Waals surface area contributed by atoms with Gasteiger partial charge in [-0.2, -0.15) is 0 Å². The molecule has 1 rings (SSSR count). The van der Waals surface area contributed by atoms with E-state index in [2.05, 4.69) is 13.8 Å². The quantitative estimate of drug-likeness (QED) is 0.581. The van der Waals surface area contributed by atoms with Crippen LogP contribution in [0, 0.1) is 5.41 Å². The van der Waals surface area contributed by atoms with Crippen LogP contribution in [0.3, 0.4) is 0 Å². The van der Waals surface area contributed by atoms with E-state index in [4.69, 9.17) is 10.2 Å². The number of carboxylic acid groups (broad SMARTS) is 2. The lowest BCUT2D eigenvalue weighted by Crippen LogP contribution is -2.28. The fourth-order valence-corrected chi connectivity index (χ4v) is 2.68. The van der Waals surface area contributed by atoms with Gasteiger partial charge in [0.2, 0.25) is 0 Å². The van der Waals surface area contributed by atoms with Crippen molar-refractivity contribution < 1.29 is 19.8 Å². The van der Waals surface area contributed by atoms with Gasteiger partial charge in [0.15, 0.2) is 0 Å². The highest BCUT2D eigenvalue weighted by atomic mass is 79.9. The normalized spacial score (nSPS) is 19.6. The van der Waals surface area contributed by atoms with Gasteiger partial charge in [-0.1, -0.05) is 38.5 Å². The Morgan fingerprint density at radius 3 is 2.30 bits per heavy atom. The van der Waals surface area contributed by atoms with Gasteiger partial charge in [-0.25, -0.2) is 4.79 Å². The Bertz CT molecular complexity index is 375. The van der Waals surface area contributed by atoms with Crippen molar-refractivity contribution in [2.45, 2.75) is 42.7 Å². The second-order valence-electron chi connectivity index (χ2n) is 4.96. The molecule has 0 radical (unpaired) electrons. The Hall–Kier alpha value is -0.334. The van der Waals surface area contributed by atoms with Crippen LogP contribution >= 0.6 is 17.0 Å². The molecule has 0 aromatic heterocycles. The van der Waals surface area contributed by atoms with E-state index < -0.39 is 17.4 Å². The predicted octanol–water partition coefficient (Wildman–Crippen LogP) is 3.58. The fourth-order valence-electron chi connectivity index (χ4n) is 1.68. The molecule has 1 aliphatic rings. The minimum atomic E-state index is -1.08. The molecule has 2 N–H and O–H groups in total. The van der Waals surface area contributed by atoms with Crippen LogP contribution in [-0.2, 0) is 9.59 Å². The van der Waals surface area contributed by atoms with Crippen LogP contribution in [-0.4, -0.2) is 42.5 Å². The highest BCUT2D eigenvalue weighted by Gasteiger charge is 2.34. The van der Waals surface area contributed by atoms with E-state index in [-0.39, 0.29) is 29.0 Å². The van der Waals surface area contributed by atoms with E-state index in [0.717, 1.165) is 0 Å². The molecule has 0 saturated carbocycles. The molecule has 0 heterocycles. The van der Waals surface area contributed by atoms with Gasteiger partial charge in [0.1, 0.15) is 0 Å². The number of aliphatic carboxylic acids is 2. The molecule has 20 heavy (non-hydrogen) atoms. The average Bonchev–Trinajstić information content (AvgIpc) is 2.37. The van der Waals surface area contributed by atoms with Gasteiger partial charge < -0.3 is 10.2 Å². The molecule has 1 atom stereocenters. The maximum Gasteiger partial charge on any atom is 0.363 e. The summed E-state index contributed by atoms with van der Waals surface area (Å²) in [5.74, 6) is -2.06. The molecule has 0 spiro atoms. The summed E-state index contributed by atoms with van der Waals surface area (Å²) in [6, 6.07) is 0. The lowest BCUT2D eigenvalue weighted by molar-refractivity contribution is -0.145. The van der Waals surface area contributed by atoms with E-state index in [1.165, 1.54) is 36.1 Å². The predicted molar refractivity (Wildman–Crippen MR) is 86.9 cm³/mol. The molecule has 112 valence electrons. The lowest BCUT2D eigenvalue weighted by atomic mass is 9.80. The third kappa shape index (κ3) is 8.07. The summed E-state index contributed by atoms with van der Waals surface area (Å²) in [6.45, 7) is 6.06. The molecule has 1 unspecified atom stereocenters. The molecule has 6 heteroatoms. The lowest BCUT2D eigenvalue weighted by Gasteiger charge is -2.23. The monoisotopic (exact) mass is 358 g/mol. The van der Waals surface area contributed by atoms with Crippen molar-refractivity contribution in [3.63, 3.8) is 0 Å². The van der Waals surface area contributed by atoms with Crippen LogP contribution in [0.4, 0.5) is 0 Å². The summed E-state index contributed by atoms with van der Waals surface area (Å²) < 4.78 is 3.05. The number of halogens is 1. The minimum absolute atomic E-state index is 0. The van der Waals surface area contributed by atoms with Crippen molar-refractivity contribution in [3.8, 4) is 0 Å². The number of carbonyl (C=O) groups is 2. The Labute approximate surface area is 140 Å². The number of rotatable bonds is 5. The van der Waals surface area contributed by atoms with Crippen molar-refractivity contribution in [3.05, 3.63) is 23.8 Å². The average molecular weight is 360 g/mol. The van der Waals surface area contributed by atoms with Gasteiger partial charge in [-0.05, 0) is 13.3 Å². The first-order valence-corrected chi connectivity index (χ1v) is 8.72. The maximum atomic E-state index is 10.8. The first-order chi connectivity index (χ1) is 8.87. The van der Waals surface area contributed by atoms with Crippen molar-refractivity contribution in [2.75, 3.05) is 0 Å². The van der Waals surface area contributed by atoms with E-state index in [0.29, 0.717) is 20.4 Å². The van der Waals surface area contributed by atoms with Crippen LogP contribution in [0.1, 0.15) is 33.6 Å². The highest BCUT2D eigenvalue weighted by Crippen LogP contribution is 2.31. The summed E-state index contributed by atoms with van der Waals surface area (Å²) in [7, 11) is 0. The Morgan fingerprint density at radius 2 is 1.95 bits per heavy atom. The second-order valence-corrected chi connectivity index (χ2v) is 7.38. The smallest absolute Gasteiger partial charge is 0.363 e. The highest BCUT2D eigenvalue weighted by molar-refractivity contribution is 8.93. The molecule has 4 nitrogen and oxygen atoms in total. The van der Waals surface area contributed by atoms with Gasteiger partial charge in [0.05, 0.1) is 5.41 Å². The van der Waals surface area contributed by atoms with Crippen molar-refractivity contribution in [1.82, 2.24) is 0 Å². The summed E-state index contributed by atoms with van der Waals surface area (Å²) in [5.41, 5.74) is -0.949. The third-order valence-corrected chi connectivity index (χ3v) is 4.95. The number of carboxylic acids is 2. The SMILES string of the molecule is Br.CC1(C(=O)O)C=CC=C(C(=O)O)C1.CC[CH2][Mg][CH2]C. The fraction of sp³-hybridized carbons (Fsp3) is 0.571. The molecule has 0 aromatic rings. The van der Waals surface area contributed by atoms with Gasteiger partial charge in [0, 0.05) is 5.57 Å². The zero-order valence-corrected chi connectivity index (χ0v) is 15.5. The van der Waals surface area contributed by atoms with Crippen LogP contribution in [0.5, 0.6) is 0 Å². The van der Waals surface area contributed by atoms with Gasteiger partial charge in [-0.15, -0.1) is 26.1 Å². The number of allylic oxidation sites excluding steroid dienone is 2. The van der Waals surface area contributed by atoms with E-state index in [9.17, 15) is 9.59 Å². The molecule has 1 aliphatic carbocycles. The number of hydrogen-bond donors (Lipinski definition) is 2. The van der Waals surface area contributed by atoms with Crippen LogP contribution < -0.4 is 0 Å². The third-order valence-electron chi connectivity index (χ3n) is 3.04. The van der Waals surface area contributed by atoms with Crippen molar-refractivity contribution in [2.24, 2.45) is 5.41 Å². The summed E-state index contributed by atoms with van der Waals surface area (Å²) in [6.07, 6.45) is 5.85. The van der Waals surface area contributed by atoms with E-state index in [1.54, 1.807) is 4.55 Å². The summed E-state index contributed by atoms with van der Waals surface area (Å²) in [4.78, 5) is 21.3.